The molecule has 6 nitrogen and oxygen atoms in total. The van der Waals surface area contributed by atoms with Gasteiger partial charge in [0.25, 0.3) is 0 Å². The van der Waals surface area contributed by atoms with Gasteiger partial charge in [-0.3, -0.25) is 4.40 Å². The van der Waals surface area contributed by atoms with E-state index >= 15 is 0 Å². The van der Waals surface area contributed by atoms with Crippen molar-refractivity contribution in [3.05, 3.63) is 58.4 Å². The van der Waals surface area contributed by atoms with E-state index in [9.17, 15) is 13.2 Å². The molecule has 0 saturated heterocycles. The predicted molar refractivity (Wildman–Crippen MR) is 98.1 cm³/mol. The molecule has 0 N–H and O–H groups in total. The third kappa shape index (κ3) is 2.89. The summed E-state index contributed by atoms with van der Waals surface area (Å²) in [5, 5.41) is 2.09. The quantitative estimate of drug-likeness (QED) is 0.510. The molecule has 4 aromatic rings. The molecule has 10 heteroatoms. The summed E-state index contributed by atoms with van der Waals surface area (Å²) in [5.41, 5.74) is 0.986. The number of aromatic nitrogens is 5. The van der Waals surface area contributed by atoms with Gasteiger partial charge in [-0.15, -0.1) is 11.3 Å². The van der Waals surface area contributed by atoms with E-state index in [-0.39, 0.29) is 0 Å². The van der Waals surface area contributed by atoms with Crippen LogP contribution < -0.4 is 4.90 Å². The molecule has 0 aliphatic carbocycles. The zero-order valence-electron chi connectivity index (χ0n) is 14.4. The van der Waals surface area contributed by atoms with Gasteiger partial charge in [0, 0.05) is 30.4 Å². The molecule has 142 valence electrons. The van der Waals surface area contributed by atoms with Gasteiger partial charge in [-0.25, -0.2) is 19.9 Å². The number of halogens is 3. The molecule has 0 saturated carbocycles. The van der Waals surface area contributed by atoms with Gasteiger partial charge in [-0.05, 0) is 29.5 Å². The number of alkyl halides is 3. The standard InChI is InChI=1S/C18H13F3N6S/c19-18(20,21)14-10-27-12(7-24-16(27)8-23-14)17-22-4-1-15(25-17)26-5-2-13-11(9-26)3-6-28-13/h1,3-4,6-8,10H,2,5,9H2. The van der Waals surface area contributed by atoms with Gasteiger partial charge in [-0.1, -0.05) is 0 Å². The maximum atomic E-state index is 13.0. The van der Waals surface area contributed by atoms with Gasteiger partial charge in [0.2, 0.25) is 0 Å². The summed E-state index contributed by atoms with van der Waals surface area (Å²) in [7, 11) is 0. The molecule has 0 spiro atoms. The van der Waals surface area contributed by atoms with Crippen LogP contribution in [0.5, 0.6) is 0 Å². The van der Waals surface area contributed by atoms with E-state index in [4.69, 9.17) is 0 Å². The molecule has 5 rings (SSSR count). The van der Waals surface area contributed by atoms with Crippen molar-refractivity contribution in [3.63, 3.8) is 0 Å². The smallest absolute Gasteiger partial charge is 0.352 e. The first kappa shape index (κ1) is 17.1. The molecule has 1 aliphatic rings. The maximum Gasteiger partial charge on any atom is 0.434 e. The lowest BCUT2D eigenvalue weighted by molar-refractivity contribution is -0.141. The molecule has 0 radical (unpaired) electrons. The summed E-state index contributed by atoms with van der Waals surface area (Å²) in [6.45, 7) is 1.59. The van der Waals surface area contributed by atoms with Gasteiger partial charge in [0.1, 0.15) is 11.5 Å². The first-order valence-corrected chi connectivity index (χ1v) is 9.41. The molecular weight excluding hydrogens is 389 g/mol. The first-order valence-electron chi connectivity index (χ1n) is 8.53. The van der Waals surface area contributed by atoms with Gasteiger partial charge in [0.15, 0.2) is 17.2 Å². The number of imidazole rings is 1. The monoisotopic (exact) mass is 402 g/mol. The van der Waals surface area contributed by atoms with Gasteiger partial charge >= 0.3 is 6.18 Å². The number of fused-ring (bicyclic) bond motifs is 2. The Morgan fingerprint density at radius 2 is 1.96 bits per heavy atom. The van der Waals surface area contributed by atoms with E-state index in [1.807, 2.05) is 6.07 Å². The Balaban J connectivity index is 1.53. The first-order chi connectivity index (χ1) is 13.5. The molecule has 0 unspecified atom stereocenters. The van der Waals surface area contributed by atoms with Crippen molar-refractivity contribution in [1.29, 1.82) is 0 Å². The summed E-state index contributed by atoms with van der Waals surface area (Å²) in [6.07, 6.45) is 1.51. The molecule has 4 aromatic heterocycles. The Kier molecular flexibility index (Phi) is 3.83. The molecule has 1 aliphatic heterocycles. The van der Waals surface area contributed by atoms with E-state index in [0.717, 1.165) is 37.7 Å². The average molecular weight is 402 g/mol. The second kappa shape index (κ2) is 6.26. The van der Waals surface area contributed by atoms with Crippen molar-refractivity contribution in [2.45, 2.75) is 19.1 Å². The summed E-state index contributed by atoms with van der Waals surface area (Å²) >= 11 is 1.76. The van der Waals surface area contributed by atoms with Crippen LogP contribution in [0.15, 0.2) is 42.3 Å². The third-order valence-electron chi connectivity index (χ3n) is 4.69. The summed E-state index contributed by atoms with van der Waals surface area (Å²) in [4.78, 5) is 19.9. The van der Waals surface area contributed by atoms with Crippen molar-refractivity contribution >= 4 is 22.8 Å². The third-order valence-corrected chi connectivity index (χ3v) is 5.71. The van der Waals surface area contributed by atoms with Gasteiger partial charge in [-0.2, -0.15) is 13.2 Å². The van der Waals surface area contributed by atoms with E-state index in [1.165, 1.54) is 21.0 Å². The predicted octanol–water partition coefficient (Wildman–Crippen LogP) is 3.83. The highest BCUT2D eigenvalue weighted by Gasteiger charge is 2.33. The minimum absolute atomic E-state index is 0.304. The topological polar surface area (TPSA) is 59.2 Å². The van der Waals surface area contributed by atoms with Crippen molar-refractivity contribution in [2.75, 3.05) is 11.4 Å². The van der Waals surface area contributed by atoms with E-state index in [1.54, 1.807) is 17.5 Å². The van der Waals surface area contributed by atoms with Crippen LogP contribution in [0.25, 0.3) is 17.2 Å². The van der Waals surface area contributed by atoms with Crippen LogP contribution in [0.1, 0.15) is 16.1 Å². The largest absolute Gasteiger partial charge is 0.434 e. The van der Waals surface area contributed by atoms with Crippen molar-refractivity contribution in [2.24, 2.45) is 0 Å². The molecule has 28 heavy (non-hydrogen) atoms. The fourth-order valence-corrected chi connectivity index (χ4v) is 4.18. The van der Waals surface area contributed by atoms with E-state index in [0.29, 0.717) is 17.2 Å². The molecule has 0 atom stereocenters. The summed E-state index contributed by atoms with van der Waals surface area (Å²) < 4.78 is 40.4. The lowest BCUT2D eigenvalue weighted by atomic mass is 10.1. The number of thiophene rings is 1. The Labute approximate surface area is 161 Å². The fourth-order valence-electron chi connectivity index (χ4n) is 3.29. The van der Waals surface area contributed by atoms with Crippen LogP contribution in [0.2, 0.25) is 0 Å². The highest BCUT2D eigenvalue weighted by Crippen LogP contribution is 2.30. The Hall–Kier alpha value is -3.01. The van der Waals surface area contributed by atoms with Crippen LogP contribution in [0, 0.1) is 0 Å². The van der Waals surface area contributed by atoms with E-state index < -0.39 is 11.9 Å². The van der Waals surface area contributed by atoms with Gasteiger partial charge in [0.05, 0.1) is 12.4 Å². The zero-order chi connectivity index (χ0) is 19.3. The van der Waals surface area contributed by atoms with Crippen LogP contribution in [-0.4, -0.2) is 30.9 Å². The normalized spacial score (nSPS) is 14.5. The summed E-state index contributed by atoms with van der Waals surface area (Å²) in [5.74, 6) is 1.06. The summed E-state index contributed by atoms with van der Waals surface area (Å²) in [6, 6.07) is 3.93. The van der Waals surface area contributed by atoms with Crippen LogP contribution in [0.3, 0.4) is 0 Å². The minimum atomic E-state index is -4.54. The molecule has 0 amide bonds. The van der Waals surface area contributed by atoms with Crippen molar-refractivity contribution in [3.8, 4) is 11.5 Å². The highest BCUT2D eigenvalue weighted by molar-refractivity contribution is 7.10. The van der Waals surface area contributed by atoms with Crippen LogP contribution in [0.4, 0.5) is 19.0 Å². The number of rotatable bonds is 2. The lowest BCUT2D eigenvalue weighted by Crippen LogP contribution is -2.30. The Bertz CT molecular complexity index is 1170. The highest BCUT2D eigenvalue weighted by atomic mass is 32.1. The van der Waals surface area contributed by atoms with Gasteiger partial charge < -0.3 is 4.90 Å². The minimum Gasteiger partial charge on any atom is -0.352 e. The van der Waals surface area contributed by atoms with Crippen molar-refractivity contribution < 1.29 is 13.2 Å². The molecule has 5 heterocycles. The second-order valence-electron chi connectivity index (χ2n) is 6.42. The number of anilines is 1. The second-order valence-corrected chi connectivity index (χ2v) is 7.42. The molecule has 0 bridgehead atoms. The molecular formula is C18H13F3N6S. The lowest BCUT2D eigenvalue weighted by Gasteiger charge is -2.28. The molecule has 0 fully saturated rings. The SMILES string of the molecule is FC(F)(F)c1cn2c(-c3nccc(N4CCc5sccc5C4)n3)cnc2cn1. The maximum absolute atomic E-state index is 13.0. The van der Waals surface area contributed by atoms with Crippen LogP contribution >= 0.6 is 11.3 Å². The molecule has 0 aromatic carbocycles. The number of hydrogen-bond acceptors (Lipinski definition) is 6. The average Bonchev–Trinajstić information content (AvgIpc) is 3.33. The zero-order valence-corrected chi connectivity index (χ0v) is 15.2. The Morgan fingerprint density at radius 3 is 2.82 bits per heavy atom. The van der Waals surface area contributed by atoms with Crippen molar-refractivity contribution in [1.82, 2.24) is 24.3 Å². The Morgan fingerprint density at radius 1 is 1.07 bits per heavy atom. The number of nitrogens with zero attached hydrogens (tertiary/aromatic N) is 6. The van der Waals surface area contributed by atoms with Crippen LogP contribution in [-0.2, 0) is 19.1 Å². The number of hydrogen-bond donors (Lipinski definition) is 0. The fraction of sp³-hybridized carbons (Fsp3) is 0.222. The van der Waals surface area contributed by atoms with E-state index in [2.05, 4.69) is 36.3 Å².